The van der Waals surface area contributed by atoms with Crippen molar-refractivity contribution in [3.05, 3.63) is 315 Å². The summed E-state index contributed by atoms with van der Waals surface area (Å²) >= 11 is 0. The summed E-state index contributed by atoms with van der Waals surface area (Å²) in [5.74, 6) is 0. The summed E-state index contributed by atoms with van der Waals surface area (Å²) in [6.45, 7) is 0. The van der Waals surface area contributed by atoms with Crippen LogP contribution in [0.2, 0.25) is 0 Å². The standard InChI is InChI=1S/C30H22BNO2.2C24H18BNO2/c33-31(34)25-17-14-22(15-18-25)21-10-12-23(13-11-21)24-16-19-30-28(20-24)27-8-4-5-9-29(27)32(30)26-6-2-1-3-7-26;27-25(28)22-12-6-4-10-19(22)17-14-15-24-21(16-17)20-11-5-7-13-23(20)26(24)18-8-2-1-3-9-18;27-25(28)19-8-6-7-17(15-19)18-13-14-24-22(16-18)21-11-4-5-12-23(21)26(24)20-9-2-1-3-10-20/h1-20,33-34H;2*1-16,27-28H. The lowest BCUT2D eigenvalue weighted by molar-refractivity contribution is 0.424. The van der Waals surface area contributed by atoms with Gasteiger partial charge in [-0.1, -0.05) is 224 Å². The third kappa shape index (κ3) is 11.0. The van der Waals surface area contributed by atoms with Crippen LogP contribution in [0.25, 0.3) is 127 Å². The van der Waals surface area contributed by atoms with Gasteiger partial charge in [-0.3, -0.25) is 0 Å². The third-order valence-electron chi connectivity index (χ3n) is 16.9. The normalized spacial score (nSPS) is 11.2. The van der Waals surface area contributed by atoms with Gasteiger partial charge in [-0.05, 0) is 152 Å². The first-order chi connectivity index (χ1) is 44.1. The van der Waals surface area contributed by atoms with Crippen LogP contribution >= 0.6 is 0 Å². The van der Waals surface area contributed by atoms with Crippen LogP contribution in [-0.2, 0) is 0 Å². The fourth-order valence-electron chi connectivity index (χ4n) is 12.6. The van der Waals surface area contributed by atoms with Crippen molar-refractivity contribution in [3.8, 4) is 61.6 Å². The van der Waals surface area contributed by atoms with Crippen molar-refractivity contribution < 1.29 is 30.1 Å². The van der Waals surface area contributed by atoms with Gasteiger partial charge in [0.1, 0.15) is 0 Å². The zero-order valence-corrected chi connectivity index (χ0v) is 48.8. The smallest absolute Gasteiger partial charge is 0.423 e. The molecule has 3 heterocycles. The second kappa shape index (κ2) is 24.8. The number of nitrogens with zero attached hydrogens (tertiary/aromatic N) is 3. The van der Waals surface area contributed by atoms with E-state index in [4.69, 9.17) is 0 Å². The number of benzene rings is 13. The van der Waals surface area contributed by atoms with Gasteiger partial charge < -0.3 is 43.8 Å². The van der Waals surface area contributed by atoms with Crippen molar-refractivity contribution in [2.75, 3.05) is 0 Å². The van der Waals surface area contributed by atoms with E-state index in [9.17, 15) is 30.1 Å². The van der Waals surface area contributed by atoms with E-state index >= 15 is 0 Å². The molecule has 0 atom stereocenters. The molecule has 0 unspecified atom stereocenters. The van der Waals surface area contributed by atoms with Crippen LogP contribution in [0.15, 0.2) is 315 Å². The molecule has 0 aliphatic heterocycles. The van der Waals surface area contributed by atoms with Crippen molar-refractivity contribution in [1.29, 1.82) is 0 Å². The molecule has 90 heavy (non-hydrogen) atoms. The fourth-order valence-corrected chi connectivity index (χ4v) is 12.6. The SMILES string of the molecule is OB(O)c1ccc(-c2ccc(-c3ccc4c(c3)c3ccccc3n4-c3ccccc3)cc2)cc1.OB(O)c1cccc(-c2ccc3c(c2)c2ccccc2n3-c2ccccc2)c1.OB(O)c1ccccc1-c1ccc2c(c1)c1ccccc1n2-c1ccccc1. The first-order valence-electron chi connectivity index (χ1n) is 29.9. The summed E-state index contributed by atoms with van der Waals surface area (Å²) in [5, 5.41) is 64.3. The topological polar surface area (TPSA) is 136 Å². The summed E-state index contributed by atoms with van der Waals surface area (Å²) in [6.07, 6.45) is 0. The molecule has 0 fully saturated rings. The van der Waals surface area contributed by atoms with E-state index in [2.05, 4.69) is 220 Å². The van der Waals surface area contributed by atoms with Gasteiger partial charge in [0.2, 0.25) is 0 Å². The summed E-state index contributed by atoms with van der Waals surface area (Å²) < 4.78 is 6.87. The Morgan fingerprint density at radius 2 is 0.522 bits per heavy atom. The molecule has 0 saturated carbocycles. The summed E-state index contributed by atoms with van der Waals surface area (Å²) in [6, 6.07) is 106. The predicted molar refractivity (Wildman–Crippen MR) is 374 cm³/mol. The molecule has 0 bridgehead atoms. The number of hydrogen-bond acceptors (Lipinski definition) is 6. The van der Waals surface area contributed by atoms with Crippen LogP contribution in [0, 0.1) is 0 Å². The molecule has 0 aliphatic carbocycles. The molecule has 12 heteroatoms. The maximum absolute atomic E-state index is 9.76. The van der Waals surface area contributed by atoms with Gasteiger partial charge in [0, 0.05) is 49.4 Å². The van der Waals surface area contributed by atoms with E-state index in [1.165, 1.54) is 49.0 Å². The van der Waals surface area contributed by atoms with E-state index in [0.29, 0.717) is 16.4 Å². The highest BCUT2D eigenvalue weighted by Crippen LogP contribution is 2.38. The molecule has 0 radical (unpaired) electrons. The Kier molecular flexibility index (Phi) is 15.7. The van der Waals surface area contributed by atoms with Crippen molar-refractivity contribution in [2.24, 2.45) is 0 Å². The molecule has 0 spiro atoms. The van der Waals surface area contributed by atoms with Crippen LogP contribution in [0.3, 0.4) is 0 Å². The first kappa shape index (κ1) is 57.0. The first-order valence-corrected chi connectivity index (χ1v) is 29.9. The molecular formula is C78H58B3N3O6. The van der Waals surface area contributed by atoms with Gasteiger partial charge in [0.15, 0.2) is 0 Å². The number of rotatable bonds is 10. The van der Waals surface area contributed by atoms with Gasteiger partial charge in [-0.2, -0.15) is 0 Å². The van der Waals surface area contributed by atoms with Crippen LogP contribution in [0.4, 0.5) is 0 Å². The largest absolute Gasteiger partial charge is 0.489 e. The van der Waals surface area contributed by atoms with Crippen LogP contribution in [-0.4, -0.2) is 65.2 Å². The maximum Gasteiger partial charge on any atom is 0.489 e. The van der Waals surface area contributed by atoms with E-state index in [1.54, 1.807) is 24.3 Å². The molecule has 430 valence electrons. The third-order valence-corrected chi connectivity index (χ3v) is 16.9. The van der Waals surface area contributed by atoms with Gasteiger partial charge in [0.05, 0.1) is 33.1 Å². The monoisotopic (exact) mass is 1170 g/mol. The van der Waals surface area contributed by atoms with Crippen LogP contribution in [0.5, 0.6) is 0 Å². The molecule has 0 amide bonds. The number of aromatic nitrogens is 3. The highest BCUT2D eigenvalue weighted by molar-refractivity contribution is 6.60. The Balaban J connectivity index is 0.000000119. The second-order valence-corrected chi connectivity index (χ2v) is 22.3. The highest BCUT2D eigenvalue weighted by atomic mass is 16.4. The van der Waals surface area contributed by atoms with Gasteiger partial charge >= 0.3 is 21.4 Å². The fraction of sp³-hybridized carbons (Fsp3) is 0. The molecular weight excluding hydrogens is 1110 g/mol. The molecule has 6 N–H and O–H groups in total. The van der Waals surface area contributed by atoms with Crippen molar-refractivity contribution in [3.63, 3.8) is 0 Å². The summed E-state index contributed by atoms with van der Waals surface area (Å²) in [7, 11) is -4.42. The number of fused-ring (bicyclic) bond motifs is 9. The molecule has 13 aromatic carbocycles. The Hall–Kier alpha value is -10.8. The lowest BCUT2D eigenvalue weighted by Crippen LogP contribution is -2.31. The molecule has 16 aromatic rings. The molecule has 3 aromatic heterocycles. The second-order valence-electron chi connectivity index (χ2n) is 22.3. The van der Waals surface area contributed by atoms with E-state index in [1.807, 2.05) is 84.9 Å². The van der Waals surface area contributed by atoms with Gasteiger partial charge in [-0.25, -0.2) is 0 Å². The quantitative estimate of drug-likeness (QED) is 0.0755. The minimum atomic E-state index is -1.50. The Bertz CT molecular complexity index is 5230. The molecule has 9 nitrogen and oxygen atoms in total. The zero-order chi connectivity index (χ0) is 61.2. The van der Waals surface area contributed by atoms with Gasteiger partial charge in [-0.15, -0.1) is 0 Å². The summed E-state index contributed by atoms with van der Waals surface area (Å²) in [4.78, 5) is 0. The molecule has 0 saturated heterocycles. The maximum atomic E-state index is 9.76. The van der Waals surface area contributed by atoms with Crippen LogP contribution < -0.4 is 16.4 Å². The number of para-hydroxylation sites is 6. The molecule has 16 rings (SSSR count). The number of hydrogen-bond donors (Lipinski definition) is 6. The minimum Gasteiger partial charge on any atom is -0.423 e. The van der Waals surface area contributed by atoms with E-state index in [-0.39, 0.29) is 0 Å². The van der Waals surface area contributed by atoms with Gasteiger partial charge in [0.25, 0.3) is 0 Å². The molecule has 0 aliphatic rings. The van der Waals surface area contributed by atoms with Crippen molar-refractivity contribution in [1.82, 2.24) is 13.7 Å². The lowest BCUT2D eigenvalue weighted by Gasteiger charge is -2.10. The van der Waals surface area contributed by atoms with E-state index in [0.717, 1.165) is 77.9 Å². The Morgan fingerprint density at radius 3 is 0.956 bits per heavy atom. The summed E-state index contributed by atoms with van der Waals surface area (Å²) in [5.41, 5.74) is 20.1. The lowest BCUT2D eigenvalue weighted by atomic mass is 9.75. The Morgan fingerprint density at radius 1 is 0.200 bits per heavy atom. The minimum absolute atomic E-state index is 0.489. The van der Waals surface area contributed by atoms with Crippen molar-refractivity contribution in [2.45, 2.75) is 0 Å². The zero-order valence-electron chi connectivity index (χ0n) is 48.8. The average molecular weight is 1170 g/mol. The van der Waals surface area contributed by atoms with Crippen LogP contribution in [0.1, 0.15) is 0 Å². The highest BCUT2D eigenvalue weighted by Gasteiger charge is 2.20. The Labute approximate surface area is 521 Å². The predicted octanol–water partition coefficient (Wildman–Crippen LogP) is 14.1. The van der Waals surface area contributed by atoms with Crippen molar-refractivity contribution >= 4 is 103 Å². The average Bonchev–Trinajstić information content (AvgIpc) is 1.65. The van der Waals surface area contributed by atoms with E-state index < -0.39 is 21.4 Å².